The van der Waals surface area contributed by atoms with Crippen LogP contribution in [0.1, 0.15) is 52.1 Å². The Morgan fingerprint density at radius 2 is 1.20 bits per heavy atom. The number of hydrogen-bond donors (Lipinski definition) is 0. The van der Waals surface area contributed by atoms with Gasteiger partial charge < -0.3 is 9.64 Å². The van der Waals surface area contributed by atoms with E-state index in [0.29, 0.717) is 31.6 Å². The van der Waals surface area contributed by atoms with E-state index in [4.69, 9.17) is 4.74 Å². The van der Waals surface area contributed by atoms with Crippen LogP contribution in [0.4, 0.5) is 5.69 Å². The van der Waals surface area contributed by atoms with Crippen LogP contribution in [-0.2, 0) is 14.3 Å². The van der Waals surface area contributed by atoms with E-state index in [-0.39, 0.29) is 23.7 Å². The lowest BCUT2D eigenvalue weighted by Gasteiger charge is -2.34. The molecule has 1 aliphatic heterocycles. The fourth-order valence-electron chi connectivity index (χ4n) is 6.71. The van der Waals surface area contributed by atoms with Crippen LogP contribution in [0.2, 0.25) is 0 Å². The van der Waals surface area contributed by atoms with Gasteiger partial charge in [-0.25, -0.2) is 0 Å². The lowest BCUT2D eigenvalue weighted by Crippen LogP contribution is -2.41. The number of nitro benzene ring substituents is 1. The Labute approximate surface area is 286 Å². The van der Waals surface area contributed by atoms with E-state index in [0.717, 1.165) is 22.3 Å². The maximum atomic E-state index is 14.5. The van der Waals surface area contributed by atoms with Crippen molar-refractivity contribution < 1.29 is 19.2 Å². The van der Waals surface area contributed by atoms with Crippen molar-refractivity contribution in [3.63, 3.8) is 0 Å². The highest BCUT2D eigenvalue weighted by molar-refractivity contribution is 5.87. The summed E-state index contributed by atoms with van der Waals surface area (Å²) < 4.78 is 6.16. The Bertz CT molecular complexity index is 1780. The number of amides is 1. The Morgan fingerprint density at radius 3 is 1.69 bits per heavy atom. The van der Waals surface area contributed by atoms with Gasteiger partial charge in [-0.15, -0.1) is 0 Å². The zero-order valence-electron chi connectivity index (χ0n) is 27.4. The second-order valence-electron chi connectivity index (χ2n) is 12.4. The van der Waals surface area contributed by atoms with Gasteiger partial charge in [-0.2, -0.15) is 0 Å². The molecule has 0 aromatic heterocycles. The fraction of sp³-hybridized carbons (Fsp3) is 0.220. The third kappa shape index (κ3) is 7.93. The lowest BCUT2D eigenvalue weighted by atomic mass is 9.89. The van der Waals surface area contributed by atoms with Crippen molar-refractivity contribution in [3.05, 3.63) is 184 Å². The molecule has 0 spiro atoms. The van der Waals surface area contributed by atoms with E-state index in [2.05, 4.69) is 4.90 Å². The maximum absolute atomic E-state index is 14.5. The van der Waals surface area contributed by atoms with Crippen molar-refractivity contribution >= 4 is 17.6 Å². The van der Waals surface area contributed by atoms with E-state index < -0.39 is 22.8 Å². The normalized spacial score (nSPS) is 15.2. The van der Waals surface area contributed by atoms with Crippen LogP contribution in [0.3, 0.4) is 0 Å². The van der Waals surface area contributed by atoms with Crippen molar-refractivity contribution in [3.8, 4) is 0 Å². The largest absolute Gasteiger partial charge is 0.460 e. The molecule has 1 heterocycles. The summed E-state index contributed by atoms with van der Waals surface area (Å²) in [5, 5.41) is 11.8. The van der Waals surface area contributed by atoms with Gasteiger partial charge >= 0.3 is 5.97 Å². The van der Waals surface area contributed by atoms with Crippen molar-refractivity contribution in [1.82, 2.24) is 9.80 Å². The monoisotopic (exact) mass is 653 g/mol. The molecule has 248 valence electrons. The molecular weight excluding hydrogens is 614 g/mol. The maximum Gasteiger partial charge on any atom is 0.318 e. The standard InChI is InChI=1S/C41H39N3O5/c1-42(40(45)38(30-15-6-2-7-16-30)31-17-8-3-9-18-31)37(34-23-14-24-35(27-34)44(47)48)29-43-26-25-36(28-43)49-41(46)39(32-19-10-4-11-20-32)33-21-12-5-13-22-33/h2-24,27,36-39H,25-26,28-29H2,1H3/t36-,37+/m0/s1. The summed E-state index contributed by atoms with van der Waals surface area (Å²) in [5.74, 6) is -1.54. The van der Waals surface area contributed by atoms with Crippen LogP contribution >= 0.6 is 0 Å². The fourth-order valence-corrected chi connectivity index (χ4v) is 6.71. The molecule has 0 radical (unpaired) electrons. The molecule has 6 rings (SSSR count). The summed E-state index contributed by atoms with van der Waals surface area (Å²) >= 11 is 0. The Hall–Kier alpha value is -5.60. The van der Waals surface area contributed by atoms with E-state index in [1.165, 1.54) is 6.07 Å². The van der Waals surface area contributed by atoms with Crippen LogP contribution < -0.4 is 0 Å². The van der Waals surface area contributed by atoms with Crippen molar-refractivity contribution in [1.29, 1.82) is 0 Å². The number of esters is 1. The quantitative estimate of drug-likeness (QED) is 0.0793. The average Bonchev–Trinajstić information content (AvgIpc) is 3.59. The number of nitrogens with zero attached hydrogens (tertiary/aromatic N) is 3. The highest BCUT2D eigenvalue weighted by Crippen LogP contribution is 2.33. The van der Waals surface area contributed by atoms with Crippen LogP contribution in [0.5, 0.6) is 0 Å². The van der Waals surface area contributed by atoms with Crippen LogP contribution in [-0.4, -0.2) is 59.4 Å². The number of hydrogen-bond acceptors (Lipinski definition) is 6. The van der Waals surface area contributed by atoms with Gasteiger partial charge in [0.05, 0.1) is 16.9 Å². The number of likely N-dealkylation sites (tertiary alicyclic amines) is 1. The Kier molecular flexibility index (Phi) is 10.6. The van der Waals surface area contributed by atoms with Gasteiger partial charge in [0.25, 0.3) is 5.69 Å². The lowest BCUT2D eigenvalue weighted by molar-refractivity contribution is -0.385. The Morgan fingerprint density at radius 1 is 0.735 bits per heavy atom. The molecule has 0 unspecified atom stereocenters. The van der Waals surface area contributed by atoms with Crippen molar-refractivity contribution in [2.45, 2.75) is 30.4 Å². The van der Waals surface area contributed by atoms with Crippen LogP contribution in [0.25, 0.3) is 0 Å². The number of non-ortho nitro benzene ring substituents is 1. The smallest absolute Gasteiger partial charge is 0.318 e. The van der Waals surface area contributed by atoms with Crippen molar-refractivity contribution in [2.24, 2.45) is 0 Å². The molecule has 1 fully saturated rings. The summed E-state index contributed by atoms with van der Waals surface area (Å²) in [6.45, 7) is 1.54. The molecule has 49 heavy (non-hydrogen) atoms. The van der Waals surface area contributed by atoms with Gasteiger partial charge in [0, 0.05) is 38.8 Å². The summed E-state index contributed by atoms with van der Waals surface area (Å²) in [7, 11) is 1.77. The first-order chi connectivity index (χ1) is 23.9. The van der Waals surface area contributed by atoms with Gasteiger partial charge in [0.2, 0.25) is 5.91 Å². The number of carbonyl (C=O) groups excluding carboxylic acids is 2. The molecule has 0 N–H and O–H groups in total. The molecular formula is C41H39N3O5. The number of nitro groups is 1. The van der Waals surface area contributed by atoms with Crippen LogP contribution in [0.15, 0.2) is 146 Å². The molecule has 0 bridgehead atoms. The molecule has 1 saturated heterocycles. The molecule has 5 aromatic rings. The summed E-state index contributed by atoms with van der Waals surface area (Å²) in [4.78, 5) is 43.5. The van der Waals surface area contributed by atoms with E-state index in [1.54, 1.807) is 24.1 Å². The summed E-state index contributed by atoms with van der Waals surface area (Å²) in [6.07, 6.45) is 0.299. The van der Waals surface area contributed by atoms with Gasteiger partial charge in [-0.3, -0.25) is 24.6 Å². The molecule has 0 aliphatic carbocycles. The van der Waals surface area contributed by atoms with E-state index in [1.807, 2.05) is 127 Å². The molecule has 8 heteroatoms. The third-order valence-electron chi connectivity index (χ3n) is 9.24. The van der Waals surface area contributed by atoms with Gasteiger partial charge in [0.15, 0.2) is 0 Å². The molecule has 0 saturated carbocycles. The van der Waals surface area contributed by atoms with Gasteiger partial charge in [-0.05, 0) is 34.2 Å². The Balaban J connectivity index is 1.24. The minimum atomic E-state index is -0.561. The average molecular weight is 654 g/mol. The zero-order chi connectivity index (χ0) is 34.2. The first-order valence-electron chi connectivity index (χ1n) is 16.5. The summed E-state index contributed by atoms with van der Waals surface area (Å²) in [6, 6.07) is 44.6. The number of benzene rings is 5. The predicted octanol–water partition coefficient (Wildman–Crippen LogP) is 7.38. The first-order valence-corrected chi connectivity index (χ1v) is 16.5. The second-order valence-corrected chi connectivity index (χ2v) is 12.4. The molecule has 1 amide bonds. The number of rotatable bonds is 12. The number of likely N-dealkylation sites (N-methyl/N-ethyl adjacent to an activating group) is 1. The highest BCUT2D eigenvalue weighted by Gasteiger charge is 2.35. The number of ether oxygens (including phenoxy) is 1. The highest BCUT2D eigenvalue weighted by atomic mass is 16.6. The molecule has 8 nitrogen and oxygen atoms in total. The van der Waals surface area contributed by atoms with E-state index >= 15 is 0 Å². The minimum Gasteiger partial charge on any atom is -0.460 e. The van der Waals surface area contributed by atoms with Gasteiger partial charge in [-0.1, -0.05) is 133 Å². The zero-order valence-corrected chi connectivity index (χ0v) is 27.4. The first kappa shape index (κ1) is 33.3. The molecule has 2 atom stereocenters. The van der Waals surface area contributed by atoms with Crippen LogP contribution in [0, 0.1) is 10.1 Å². The van der Waals surface area contributed by atoms with Gasteiger partial charge in [0.1, 0.15) is 12.0 Å². The van der Waals surface area contributed by atoms with E-state index in [9.17, 15) is 19.7 Å². The topological polar surface area (TPSA) is 93.0 Å². The molecule has 1 aliphatic rings. The summed E-state index contributed by atoms with van der Waals surface area (Å²) in [5.41, 5.74) is 4.09. The third-order valence-corrected chi connectivity index (χ3v) is 9.24. The SMILES string of the molecule is CN(C(=O)C(c1ccccc1)c1ccccc1)[C@H](CN1CC[C@H](OC(=O)C(c2ccccc2)c2ccccc2)C1)c1cccc([N+](=O)[O-])c1. The minimum absolute atomic E-state index is 0.0351. The number of carbonyl (C=O) groups is 2. The van der Waals surface area contributed by atoms with Crippen molar-refractivity contribution in [2.75, 3.05) is 26.7 Å². The molecule has 5 aromatic carbocycles. The predicted molar refractivity (Wildman–Crippen MR) is 189 cm³/mol. The second kappa shape index (κ2) is 15.5.